The summed E-state index contributed by atoms with van der Waals surface area (Å²) in [6, 6.07) is 9.74. The molecule has 0 radical (unpaired) electrons. The maximum atomic E-state index is 9.63. The number of nitrogens with zero attached hydrogens (tertiary/aromatic N) is 4. The molecule has 1 aliphatic rings. The van der Waals surface area contributed by atoms with Crippen LogP contribution in [-0.2, 0) is 0 Å². The molecule has 122 valence electrons. The van der Waals surface area contributed by atoms with E-state index in [1.165, 1.54) is 0 Å². The third kappa shape index (κ3) is 3.94. The van der Waals surface area contributed by atoms with Crippen LogP contribution < -0.4 is 11.1 Å². The Labute approximate surface area is 135 Å². The number of rotatable bonds is 4. The molecule has 0 unspecified atom stereocenters. The van der Waals surface area contributed by atoms with E-state index >= 15 is 0 Å². The van der Waals surface area contributed by atoms with E-state index in [0.29, 0.717) is 11.8 Å². The van der Waals surface area contributed by atoms with E-state index in [0.717, 1.165) is 31.6 Å². The smallest absolute Gasteiger partial charge is 0.232 e. The largest absolute Gasteiger partial charge is 0.393 e. The zero-order valence-electron chi connectivity index (χ0n) is 13.2. The molecule has 1 aliphatic heterocycles. The highest BCUT2D eigenvalue weighted by Crippen LogP contribution is 2.23. The second-order valence-corrected chi connectivity index (χ2v) is 5.81. The van der Waals surface area contributed by atoms with Crippen LogP contribution in [0.4, 0.5) is 17.6 Å². The molecule has 1 saturated heterocycles. The predicted molar refractivity (Wildman–Crippen MR) is 89.2 cm³/mol. The van der Waals surface area contributed by atoms with Crippen molar-refractivity contribution >= 4 is 17.6 Å². The van der Waals surface area contributed by atoms with Crippen molar-refractivity contribution in [3.63, 3.8) is 0 Å². The number of nitrogens with one attached hydrogen (secondary N) is 1. The number of aliphatic hydroxyl groups is 1. The molecule has 0 aliphatic carbocycles. The summed E-state index contributed by atoms with van der Waals surface area (Å²) < 4.78 is 0. The summed E-state index contributed by atoms with van der Waals surface area (Å²) in [6.45, 7) is 3.71. The first-order valence-electron chi connectivity index (χ1n) is 7.87. The Bertz CT molecular complexity index is 642. The number of likely N-dealkylation sites (tertiary alicyclic amines) is 1. The normalized spacial score (nSPS) is 17.8. The lowest BCUT2D eigenvalue weighted by Crippen LogP contribution is -2.38. The van der Waals surface area contributed by atoms with E-state index < -0.39 is 0 Å². The molecule has 4 N–H and O–H groups in total. The molecule has 7 heteroatoms. The molecule has 1 aromatic carbocycles. The van der Waals surface area contributed by atoms with Gasteiger partial charge in [-0.1, -0.05) is 18.2 Å². The number of para-hydroxylation sites is 1. The molecule has 1 atom stereocenters. The summed E-state index contributed by atoms with van der Waals surface area (Å²) in [5.74, 6) is 1.30. The topological polar surface area (TPSA) is 100 Å². The van der Waals surface area contributed by atoms with E-state index in [1.54, 1.807) is 0 Å². The molecule has 2 heterocycles. The van der Waals surface area contributed by atoms with Crippen LogP contribution >= 0.6 is 0 Å². The summed E-state index contributed by atoms with van der Waals surface area (Å²) >= 11 is 0. The molecular formula is C16H22N6O. The SMILES string of the molecule is C[C@H](c1nc(N)nc(Nc2ccccc2)n1)N1CCC(O)CC1. The molecule has 2 aromatic rings. The number of hydrogen-bond donors (Lipinski definition) is 3. The molecule has 23 heavy (non-hydrogen) atoms. The monoisotopic (exact) mass is 314 g/mol. The number of nitrogen functional groups attached to an aromatic ring is 1. The van der Waals surface area contributed by atoms with Gasteiger partial charge in [0.1, 0.15) is 0 Å². The van der Waals surface area contributed by atoms with Gasteiger partial charge in [-0.2, -0.15) is 15.0 Å². The van der Waals surface area contributed by atoms with Gasteiger partial charge in [-0.15, -0.1) is 0 Å². The van der Waals surface area contributed by atoms with Gasteiger partial charge in [-0.3, -0.25) is 4.90 Å². The van der Waals surface area contributed by atoms with E-state index in [9.17, 15) is 5.11 Å². The van der Waals surface area contributed by atoms with E-state index in [-0.39, 0.29) is 18.1 Å². The van der Waals surface area contributed by atoms with Gasteiger partial charge in [0.15, 0.2) is 5.82 Å². The predicted octanol–water partition coefficient (Wildman–Crippen LogP) is 1.72. The van der Waals surface area contributed by atoms with Crippen molar-refractivity contribution < 1.29 is 5.11 Å². The Hall–Kier alpha value is -2.25. The van der Waals surface area contributed by atoms with Gasteiger partial charge in [-0.25, -0.2) is 0 Å². The number of anilines is 3. The van der Waals surface area contributed by atoms with Crippen molar-refractivity contribution in [2.45, 2.75) is 31.9 Å². The Balaban J connectivity index is 1.77. The summed E-state index contributed by atoms with van der Waals surface area (Å²) in [7, 11) is 0. The third-order valence-corrected chi connectivity index (χ3v) is 4.12. The van der Waals surface area contributed by atoms with Crippen molar-refractivity contribution in [1.82, 2.24) is 19.9 Å². The van der Waals surface area contributed by atoms with Gasteiger partial charge in [0.2, 0.25) is 11.9 Å². The molecule has 7 nitrogen and oxygen atoms in total. The standard InChI is InChI=1S/C16H22N6O/c1-11(22-9-7-13(23)8-10-22)14-19-15(17)21-16(20-14)18-12-5-3-2-4-6-12/h2-6,11,13,23H,7-10H2,1H3,(H3,17,18,19,20,21)/t11-/m1/s1. The van der Waals surface area contributed by atoms with Crippen LogP contribution in [0.5, 0.6) is 0 Å². The first-order chi connectivity index (χ1) is 11.1. The van der Waals surface area contributed by atoms with E-state index in [1.807, 2.05) is 30.3 Å². The summed E-state index contributed by atoms with van der Waals surface area (Å²) in [5.41, 5.74) is 6.74. The molecule has 0 bridgehead atoms. The lowest BCUT2D eigenvalue weighted by molar-refractivity contribution is 0.0626. The highest BCUT2D eigenvalue weighted by atomic mass is 16.3. The number of benzene rings is 1. The summed E-state index contributed by atoms with van der Waals surface area (Å²) in [6.07, 6.45) is 1.36. The van der Waals surface area contributed by atoms with Crippen molar-refractivity contribution in [2.24, 2.45) is 0 Å². The lowest BCUT2D eigenvalue weighted by Gasteiger charge is -2.33. The number of hydrogen-bond acceptors (Lipinski definition) is 7. The van der Waals surface area contributed by atoms with Crippen LogP contribution in [0.3, 0.4) is 0 Å². The molecular weight excluding hydrogens is 292 g/mol. The van der Waals surface area contributed by atoms with Crippen LogP contribution in [-0.4, -0.2) is 44.2 Å². The number of piperidine rings is 1. The third-order valence-electron chi connectivity index (χ3n) is 4.12. The maximum absolute atomic E-state index is 9.63. The van der Waals surface area contributed by atoms with Gasteiger partial charge >= 0.3 is 0 Å². The fourth-order valence-electron chi connectivity index (χ4n) is 2.74. The Morgan fingerprint density at radius 3 is 2.57 bits per heavy atom. The van der Waals surface area contributed by atoms with Crippen molar-refractivity contribution in [2.75, 3.05) is 24.1 Å². The molecule has 0 spiro atoms. The van der Waals surface area contributed by atoms with Crippen LogP contribution in [0, 0.1) is 0 Å². The van der Waals surface area contributed by atoms with Gasteiger partial charge in [0.05, 0.1) is 12.1 Å². The van der Waals surface area contributed by atoms with Crippen molar-refractivity contribution in [1.29, 1.82) is 0 Å². The number of aliphatic hydroxyl groups excluding tert-OH is 1. The zero-order chi connectivity index (χ0) is 16.2. The second-order valence-electron chi connectivity index (χ2n) is 5.81. The minimum absolute atomic E-state index is 0.0316. The fourth-order valence-corrected chi connectivity index (χ4v) is 2.74. The first-order valence-corrected chi connectivity index (χ1v) is 7.87. The lowest BCUT2D eigenvalue weighted by atomic mass is 10.1. The zero-order valence-corrected chi connectivity index (χ0v) is 13.2. The minimum Gasteiger partial charge on any atom is -0.393 e. The van der Waals surface area contributed by atoms with Crippen molar-refractivity contribution in [3.05, 3.63) is 36.2 Å². The van der Waals surface area contributed by atoms with Crippen LogP contribution in [0.15, 0.2) is 30.3 Å². The first kappa shape index (κ1) is 15.6. The fraction of sp³-hybridized carbons (Fsp3) is 0.438. The summed E-state index contributed by atoms with van der Waals surface area (Å²) in [5, 5.41) is 12.8. The Kier molecular flexibility index (Phi) is 4.68. The number of nitrogens with two attached hydrogens (primary N) is 1. The quantitative estimate of drug-likeness (QED) is 0.790. The molecule has 3 rings (SSSR count). The van der Waals surface area contributed by atoms with Gasteiger partial charge in [0, 0.05) is 18.8 Å². The van der Waals surface area contributed by atoms with Gasteiger partial charge < -0.3 is 16.2 Å². The van der Waals surface area contributed by atoms with Crippen LogP contribution in [0.2, 0.25) is 0 Å². The molecule has 1 aromatic heterocycles. The van der Waals surface area contributed by atoms with Crippen LogP contribution in [0.25, 0.3) is 0 Å². The number of aromatic nitrogens is 3. The highest BCUT2D eigenvalue weighted by Gasteiger charge is 2.24. The van der Waals surface area contributed by atoms with Gasteiger partial charge in [0.25, 0.3) is 0 Å². The van der Waals surface area contributed by atoms with Gasteiger partial charge in [-0.05, 0) is 31.9 Å². The van der Waals surface area contributed by atoms with E-state index in [4.69, 9.17) is 5.73 Å². The second kappa shape index (κ2) is 6.89. The molecule has 0 saturated carbocycles. The minimum atomic E-state index is -0.197. The molecule has 0 amide bonds. The average Bonchev–Trinajstić information content (AvgIpc) is 2.55. The highest BCUT2D eigenvalue weighted by molar-refractivity contribution is 5.53. The average molecular weight is 314 g/mol. The molecule has 1 fully saturated rings. The maximum Gasteiger partial charge on any atom is 0.232 e. The van der Waals surface area contributed by atoms with Crippen molar-refractivity contribution in [3.8, 4) is 0 Å². The van der Waals surface area contributed by atoms with Crippen LogP contribution in [0.1, 0.15) is 31.6 Å². The summed E-state index contributed by atoms with van der Waals surface area (Å²) in [4.78, 5) is 15.2. The Morgan fingerprint density at radius 1 is 1.17 bits per heavy atom. The van der Waals surface area contributed by atoms with E-state index in [2.05, 4.69) is 32.1 Å². The Morgan fingerprint density at radius 2 is 1.87 bits per heavy atom.